The Labute approximate surface area is 93.4 Å². The highest BCUT2D eigenvalue weighted by atomic mass is 16.3. The molecule has 0 aliphatic rings. The van der Waals surface area contributed by atoms with Gasteiger partial charge >= 0.3 is 0 Å². The zero-order valence-corrected chi connectivity index (χ0v) is 8.71. The zero-order chi connectivity index (χ0) is 12.0. The number of aliphatic hydroxyl groups is 3. The Balaban J connectivity index is 2.63. The first kappa shape index (κ1) is 12.6. The molecule has 1 rings (SSSR count). The molecule has 0 saturated heterocycles. The van der Waals surface area contributed by atoms with Crippen LogP contribution in [-0.2, 0) is 0 Å². The number of carbonyl (C=O) groups is 1. The summed E-state index contributed by atoms with van der Waals surface area (Å²) in [5, 5.41) is 29.4. The van der Waals surface area contributed by atoms with E-state index in [-0.39, 0.29) is 0 Å². The second-order valence-corrected chi connectivity index (χ2v) is 3.38. The molecule has 2 atom stereocenters. The molecule has 0 aliphatic carbocycles. The van der Waals surface area contributed by atoms with Crippen LogP contribution in [0.4, 0.5) is 0 Å². The molecule has 1 amide bonds. The largest absolute Gasteiger partial charge is 0.394 e. The van der Waals surface area contributed by atoms with Gasteiger partial charge in [-0.3, -0.25) is 4.79 Å². The number of hydrogen-bond acceptors (Lipinski definition) is 4. The minimum atomic E-state index is -1.17. The first-order chi connectivity index (χ1) is 7.69. The predicted octanol–water partition coefficient (Wildman–Crippen LogP) is -0.870. The van der Waals surface area contributed by atoms with Crippen LogP contribution < -0.4 is 5.32 Å². The van der Waals surface area contributed by atoms with Crippen LogP contribution in [0.2, 0.25) is 0 Å². The van der Waals surface area contributed by atoms with Gasteiger partial charge in [0.15, 0.2) is 0 Å². The molecule has 4 N–H and O–H groups in total. The van der Waals surface area contributed by atoms with Crippen molar-refractivity contribution in [2.75, 3.05) is 13.2 Å². The highest BCUT2D eigenvalue weighted by Gasteiger charge is 2.20. The summed E-state index contributed by atoms with van der Waals surface area (Å²) in [5.74, 6) is -0.396. The second kappa shape index (κ2) is 6.22. The third kappa shape index (κ3) is 3.30. The summed E-state index contributed by atoms with van der Waals surface area (Å²) in [7, 11) is 0. The Kier molecular flexibility index (Phi) is 4.91. The fraction of sp³-hybridized carbons (Fsp3) is 0.364. The molecule has 88 valence electrons. The van der Waals surface area contributed by atoms with E-state index < -0.39 is 31.3 Å². The fourth-order valence-corrected chi connectivity index (χ4v) is 1.23. The van der Waals surface area contributed by atoms with E-state index >= 15 is 0 Å². The molecule has 0 radical (unpaired) electrons. The van der Waals surface area contributed by atoms with Crippen LogP contribution in [0.1, 0.15) is 10.4 Å². The molecule has 5 heteroatoms. The van der Waals surface area contributed by atoms with E-state index in [1.165, 1.54) is 0 Å². The fourth-order valence-electron chi connectivity index (χ4n) is 1.23. The molecule has 2 unspecified atom stereocenters. The quantitative estimate of drug-likeness (QED) is 0.524. The third-order valence-corrected chi connectivity index (χ3v) is 2.20. The smallest absolute Gasteiger partial charge is 0.251 e. The maximum Gasteiger partial charge on any atom is 0.251 e. The van der Waals surface area contributed by atoms with Crippen molar-refractivity contribution >= 4 is 5.91 Å². The molecule has 1 aromatic carbocycles. The van der Waals surface area contributed by atoms with Crippen LogP contribution in [0.25, 0.3) is 0 Å². The van der Waals surface area contributed by atoms with Gasteiger partial charge in [-0.2, -0.15) is 0 Å². The van der Waals surface area contributed by atoms with Crippen LogP contribution in [0.15, 0.2) is 30.3 Å². The average Bonchev–Trinajstić information content (AvgIpc) is 2.35. The monoisotopic (exact) mass is 225 g/mol. The Hall–Kier alpha value is -1.43. The molecule has 0 spiro atoms. The second-order valence-electron chi connectivity index (χ2n) is 3.38. The van der Waals surface area contributed by atoms with Gasteiger partial charge in [0.1, 0.15) is 0 Å². The number of rotatable bonds is 5. The highest BCUT2D eigenvalue weighted by Crippen LogP contribution is 2.00. The lowest BCUT2D eigenvalue weighted by Gasteiger charge is -2.20. The van der Waals surface area contributed by atoms with Gasteiger partial charge in [0.25, 0.3) is 5.91 Å². The summed E-state index contributed by atoms with van der Waals surface area (Å²) >= 11 is 0. The van der Waals surface area contributed by atoms with Gasteiger partial charge in [0, 0.05) is 5.56 Å². The van der Waals surface area contributed by atoms with Crippen molar-refractivity contribution in [1.29, 1.82) is 0 Å². The van der Waals surface area contributed by atoms with E-state index in [0.29, 0.717) is 5.56 Å². The molecule has 1 aromatic rings. The third-order valence-electron chi connectivity index (χ3n) is 2.20. The number of carbonyl (C=O) groups excluding carboxylic acids is 1. The number of aliphatic hydroxyl groups excluding tert-OH is 3. The van der Waals surface area contributed by atoms with E-state index in [0.717, 1.165) is 0 Å². The molecular weight excluding hydrogens is 210 g/mol. The van der Waals surface area contributed by atoms with Crippen molar-refractivity contribution in [1.82, 2.24) is 5.32 Å². The summed E-state index contributed by atoms with van der Waals surface area (Å²) in [6, 6.07) is 7.58. The zero-order valence-electron chi connectivity index (χ0n) is 8.71. The van der Waals surface area contributed by atoms with E-state index in [9.17, 15) is 9.90 Å². The average molecular weight is 225 g/mol. The van der Waals surface area contributed by atoms with Crippen LogP contribution in [0.5, 0.6) is 0 Å². The first-order valence-corrected chi connectivity index (χ1v) is 4.94. The van der Waals surface area contributed by atoms with Crippen molar-refractivity contribution in [3.63, 3.8) is 0 Å². The first-order valence-electron chi connectivity index (χ1n) is 4.94. The Morgan fingerprint density at radius 1 is 1.19 bits per heavy atom. The molecule has 16 heavy (non-hydrogen) atoms. The topological polar surface area (TPSA) is 89.8 Å². The normalized spacial score (nSPS) is 14.2. The van der Waals surface area contributed by atoms with Gasteiger partial charge < -0.3 is 20.6 Å². The van der Waals surface area contributed by atoms with Crippen molar-refractivity contribution in [3.8, 4) is 0 Å². The molecule has 0 heterocycles. The van der Waals surface area contributed by atoms with Crippen molar-refractivity contribution in [2.45, 2.75) is 12.1 Å². The van der Waals surface area contributed by atoms with E-state index in [2.05, 4.69) is 5.32 Å². The number of amides is 1. The molecule has 0 aliphatic heterocycles. The lowest BCUT2D eigenvalue weighted by atomic mass is 10.1. The molecule has 5 nitrogen and oxygen atoms in total. The summed E-state index contributed by atoms with van der Waals surface area (Å²) < 4.78 is 0. The lowest BCUT2D eigenvalue weighted by Crippen LogP contribution is -2.47. The van der Waals surface area contributed by atoms with Crippen molar-refractivity contribution in [2.24, 2.45) is 0 Å². The predicted molar refractivity (Wildman–Crippen MR) is 57.9 cm³/mol. The lowest BCUT2D eigenvalue weighted by molar-refractivity contribution is 0.0389. The van der Waals surface area contributed by atoms with Crippen LogP contribution in [-0.4, -0.2) is 46.6 Å². The number of nitrogens with one attached hydrogen (secondary N) is 1. The molecule has 0 bridgehead atoms. The van der Waals surface area contributed by atoms with E-state index in [1.807, 2.05) is 0 Å². The Morgan fingerprint density at radius 2 is 1.81 bits per heavy atom. The minimum absolute atomic E-state index is 0.396. The number of hydrogen-bond donors (Lipinski definition) is 4. The Bertz CT molecular complexity index is 328. The maximum atomic E-state index is 11.6. The minimum Gasteiger partial charge on any atom is -0.394 e. The van der Waals surface area contributed by atoms with Crippen LogP contribution in [0, 0.1) is 0 Å². The summed E-state index contributed by atoms with van der Waals surface area (Å²) in [6.45, 7) is -0.944. The molecule has 0 fully saturated rings. The van der Waals surface area contributed by atoms with E-state index in [1.54, 1.807) is 30.3 Å². The molecular formula is C11H15NO4. The van der Waals surface area contributed by atoms with Gasteiger partial charge in [-0.1, -0.05) is 18.2 Å². The van der Waals surface area contributed by atoms with Gasteiger partial charge in [-0.05, 0) is 12.1 Å². The van der Waals surface area contributed by atoms with Gasteiger partial charge in [0.2, 0.25) is 0 Å². The van der Waals surface area contributed by atoms with Gasteiger partial charge in [-0.15, -0.1) is 0 Å². The van der Waals surface area contributed by atoms with Gasteiger partial charge in [0.05, 0.1) is 25.4 Å². The maximum absolute atomic E-state index is 11.6. The van der Waals surface area contributed by atoms with E-state index in [4.69, 9.17) is 10.2 Å². The summed E-state index contributed by atoms with van der Waals surface area (Å²) in [6.07, 6.45) is -1.17. The molecule has 0 saturated carbocycles. The SMILES string of the molecule is O=C(NC(CO)C(O)CO)c1ccccc1. The van der Waals surface area contributed by atoms with Crippen molar-refractivity contribution < 1.29 is 20.1 Å². The molecule has 0 aromatic heterocycles. The highest BCUT2D eigenvalue weighted by molar-refractivity contribution is 5.94. The Morgan fingerprint density at radius 3 is 2.31 bits per heavy atom. The summed E-state index contributed by atoms with van der Waals surface area (Å²) in [4.78, 5) is 11.6. The van der Waals surface area contributed by atoms with Crippen LogP contribution >= 0.6 is 0 Å². The standard InChI is InChI=1S/C11H15NO4/c13-6-9(10(15)7-14)12-11(16)8-4-2-1-3-5-8/h1-5,9-10,13-15H,6-7H2,(H,12,16). The van der Waals surface area contributed by atoms with Gasteiger partial charge in [-0.25, -0.2) is 0 Å². The number of benzene rings is 1. The summed E-state index contributed by atoms with van der Waals surface area (Å²) in [5.41, 5.74) is 0.436. The van der Waals surface area contributed by atoms with Crippen LogP contribution in [0.3, 0.4) is 0 Å². The van der Waals surface area contributed by atoms with Crippen molar-refractivity contribution in [3.05, 3.63) is 35.9 Å².